The van der Waals surface area contributed by atoms with Crippen molar-refractivity contribution in [1.82, 2.24) is 9.97 Å². The van der Waals surface area contributed by atoms with Gasteiger partial charge >= 0.3 is 0 Å². The summed E-state index contributed by atoms with van der Waals surface area (Å²) >= 11 is 0. The van der Waals surface area contributed by atoms with E-state index < -0.39 is 0 Å². The van der Waals surface area contributed by atoms with Crippen molar-refractivity contribution in [3.05, 3.63) is 77.5 Å². The number of hydrogen-bond donors (Lipinski definition) is 1. The van der Waals surface area contributed by atoms with Gasteiger partial charge in [-0.2, -0.15) is 4.98 Å². The normalized spacial score (nSPS) is 13.1. The molecule has 1 aromatic heterocycles. The number of methoxy groups -OCH3 is 1. The SMILES string of the molecule is COc1ccc(CCNc2ccnc(N3CCc4ccccc4C3)n2)cc1. The van der Waals surface area contributed by atoms with Crippen LogP contribution in [-0.4, -0.2) is 30.2 Å². The fraction of sp³-hybridized carbons (Fsp3) is 0.273. The van der Waals surface area contributed by atoms with Crippen LogP contribution in [0, 0.1) is 0 Å². The summed E-state index contributed by atoms with van der Waals surface area (Å²) in [4.78, 5) is 11.4. The Hall–Kier alpha value is -3.08. The number of nitrogens with zero attached hydrogens (tertiary/aromatic N) is 3. The molecule has 3 aromatic rings. The van der Waals surface area contributed by atoms with Gasteiger partial charge in [-0.15, -0.1) is 0 Å². The third-order valence-corrected chi connectivity index (χ3v) is 4.94. The van der Waals surface area contributed by atoms with Crippen LogP contribution in [0.3, 0.4) is 0 Å². The van der Waals surface area contributed by atoms with E-state index in [-0.39, 0.29) is 0 Å². The van der Waals surface area contributed by atoms with E-state index in [0.717, 1.165) is 50.0 Å². The van der Waals surface area contributed by atoms with E-state index in [1.807, 2.05) is 24.4 Å². The molecule has 0 aliphatic carbocycles. The fourth-order valence-corrected chi connectivity index (χ4v) is 3.39. The molecule has 2 aromatic carbocycles. The molecule has 0 spiro atoms. The highest BCUT2D eigenvalue weighted by molar-refractivity contribution is 5.44. The Morgan fingerprint density at radius 1 is 1.04 bits per heavy atom. The molecule has 0 bridgehead atoms. The van der Waals surface area contributed by atoms with Crippen LogP contribution in [0.15, 0.2) is 60.8 Å². The molecule has 0 fully saturated rings. The Kier molecular flexibility index (Phi) is 5.19. The van der Waals surface area contributed by atoms with Crippen LogP contribution in [-0.2, 0) is 19.4 Å². The zero-order valence-electron chi connectivity index (χ0n) is 15.6. The molecule has 138 valence electrons. The molecule has 0 amide bonds. The average molecular weight is 360 g/mol. The Morgan fingerprint density at radius 3 is 2.67 bits per heavy atom. The standard InChI is InChI=1S/C22H24N4O/c1-27-20-8-6-17(7-9-20)10-13-23-21-11-14-24-22(25-21)26-15-12-18-4-2-3-5-19(18)16-26/h2-9,11,14H,10,12-13,15-16H2,1H3,(H,23,24,25). The number of benzene rings is 2. The number of rotatable bonds is 6. The first-order valence-electron chi connectivity index (χ1n) is 9.33. The van der Waals surface area contributed by atoms with Crippen molar-refractivity contribution in [2.24, 2.45) is 0 Å². The van der Waals surface area contributed by atoms with Crippen LogP contribution in [0.1, 0.15) is 16.7 Å². The lowest BCUT2D eigenvalue weighted by Crippen LogP contribution is -2.31. The molecule has 0 unspecified atom stereocenters. The minimum Gasteiger partial charge on any atom is -0.497 e. The summed E-state index contributed by atoms with van der Waals surface area (Å²) in [6.07, 6.45) is 3.80. The van der Waals surface area contributed by atoms with Crippen LogP contribution in [0.5, 0.6) is 5.75 Å². The van der Waals surface area contributed by atoms with Gasteiger partial charge in [-0.3, -0.25) is 0 Å². The lowest BCUT2D eigenvalue weighted by molar-refractivity contribution is 0.414. The van der Waals surface area contributed by atoms with Gasteiger partial charge in [0.2, 0.25) is 5.95 Å². The number of anilines is 2. The Balaban J connectivity index is 1.36. The van der Waals surface area contributed by atoms with Crippen molar-refractivity contribution in [2.75, 3.05) is 30.4 Å². The monoisotopic (exact) mass is 360 g/mol. The molecule has 1 aliphatic rings. The van der Waals surface area contributed by atoms with E-state index in [9.17, 15) is 0 Å². The number of nitrogens with one attached hydrogen (secondary N) is 1. The summed E-state index contributed by atoms with van der Waals surface area (Å²) in [5, 5.41) is 3.41. The van der Waals surface area contributed by atoms with Gasteiger partial charge in [-0.25, -0.2) is 4.98 Å². The summed E-state index contributed by atoms with van der Waals surface area (Å²) in [5.74, 6) is 2.54. The second kappa shape index (κ2) is 8.08. The number of hydrogen-bond acceptors (Lipinski definition) is 5. The van der Waals surface area contributed by atoms with Gasteiger partial charge in [0.15, 0.2) is 0 Å². The van der Waals surface area contributed by atoms with Gasteiger partial charge in [0.05, 0.1) is 7.11 Å². The van der Waals surface area contributed by atoms with Crippen molar-refractivity contribution in [3.8, 4) is 5.75 Å². The van der Waals surface area contributed by atoms with Gasteiger partial charge in [-0.1, -0.05) is 36.4 Å². The number of ether oxygens (including phenoxy) is 1. The number of fused-ring (bicyclic) bond motifs is 1. The first kappa shape index (κ1) is 17.3. The quantitative estimate of drug-likeness (QED) is 0.726. The maximum Gasteiger partial charge on any atom is 0.227 e. The lowest BCUT2D eigenvalue weighted by Gasteiger charge is -2.28. The third-order valence-electron chi connectivity index (χ3n) is 4.94. The van der Waals surface area contributed by atoms with Crippen LogP contribution < -0.4 is 15.0 Å². The van der Waals surface area contributed by atoms with Crippen molar-refractivity contribution < 1.29 is 4.74 Å². The van der Waals surface area contributed by atoms with E-state index in [1.54, 1.807) is 7.11 Å². The molecule has 27 heavy (non-hydrogen) atoms. The molecule has 0 atom stereocenters. The minimum atomic E-state index is 0.791. The smallest absolute Gasteiger partial charge is 0.227 e. The second-order valence-corrected chi connectivity index (χ2v) is 6.71. The van der Waals surface area contributed by atoms with Crippen LogP contribution in [0.25, 0.3) is 0 Å². The second-order valence-electron chi connectivity index (χ2n) is 6.71. The summed E-state index contributed by atoms with van der Waals surface area (Å²) in [6.45, 7) is 2.64. The largest absolute Gasteiger partial charge is 0.497 e. The van der Waals surface area contributed by atoms with Crippen LogP contribution >= 0.6 is 0 Å². The molecule has 0 radical (unpaired) electrons. The van der Waals surface area contributed by atoms with Crippen molar-refractivity contribution in [3.63, 3.8) is 0 Å². The molecule has 1 N–H and O–H groups in total. The van der Waals surface area contributed by atoms with Gasteiger partial charge < -0.3 is 15.0 Å². The lowest BCUT2D eigenvalue weighted by atomic mass is 10.0. The average Bonchev–Trinajstić information content (AvgIpc) is 2.74. The third kappa shape index (κ3) is 4.19. The molecular weight excluding hydrogens is 336 g/mol. The first-order valence-corrected chi connectivity index (χ1v) is 9.33. The van der Waals surface area contributed by atoms with Gasteiger partial charge in [0.1, 0.15) is 11.6 Å². The first-order chi connectivity index (χ1) is 13.3. The van der Waals surface area contributed by atoms with Gasteiger partial charge in [-0.05, 0) is 47.7 Å². The fourth-order valence-electron chi connectivity index (χ4n) is 3.39. The Morgan fingerprint density at radius 2 is 1.85 bits per heavy atom. The summed E-state index contributed by atoms with van der Waals surface area (Å²) in [5.41, 5.74) is 4.07. The van der Waals surface area contributed by atoms with Crippen molar-refractivity contribution in [1.29, 1.82) is 0 Å². The van der Waals surface area contributed by atoms with E-state index >= 15 is 0 Å². The molecular formula is C22H24N4O. The van der Waals surface area contributed by atoms with Crippen molar-refractivity contribution in [2.45, 2.75) is 19.4 Å². The zero-order valence-corrected chi connectivity index (χ0v) is 15.6. The van der Waals surface area contributed by atoms with Gasteiger partial charge in [0.25, 0.3) is 0 Å². The minimum absolute atomic E-state index is 0.791. The molecule has 4 rings (SSSR count). The maximum atomic E-state index is 5.20. The highest BCUT2D eigenvalue weighted by Crippen LogP contribution is 2.22. The van der Waals surface area contributed by atoms with E-state index in [2.05, 4.69) is 51.6 Å². The summed E-state index contributed by atoms with van der Waals surface area (Å²) in [6, 6.07) is 18.7. The molecule has 5 heteroatoms. The van der Waals surface area contributed by atoms with Gasteiger partial charge in [0, 0.05) is 25.8 Å². The topological polar surface area (TPSA) is 50.3 Å². The zero-order chi connectivity index (χ0) is 18.5. The molecule has 2 heterocycles. The molecule has 5 nitrogen and oxygen atoms in total. The summed E-state index contributed by atoms with van der Waals surface area (Å²) < 4.78 is 5.20. The van der Waals surface area contributed by atoms with Crippen LogP contribution in [0.4, 0.5) is 11.8 Å². The summed E-state index contributed by atoms with van der Waals surface area (Å²) in [7, 11) is 1.68. The van der Waals surface area contributed by atoms with E-state index in [0.29, 0.717) is 0 Å². The predicted octanol–water partition coefficient (Wildman–Crippen LogP) is 3.70. The highest BCUT2D eigenvalue weighted by atomic mass is 16.5. The molecule has 0 saturated heterocycles. The van der Waals surface area contributed by atoms with Crippen molar-refractivity contribution >= 4 is 11.8 Å². The molecule has 0 saturated carbocycles. The van der Waals surface area contributed by atoms with E-state index in [1.165, 1.54) is 16.7 Å². The molecule has 1 aliphatic heterocycles. The number of aromatic nitrogens is 2. The highest BCUT2D eigenvalue weighted by Gasteiger charge is 2.18. The Labute approximate surface area is 160 Å². The van der Waals surface area contributed by atoms with E-state index in [4.69, 9.17) is 9.72 Å². The van der Waals surface area contributed by atoms with Crippen LogP contribution in [0.2, 0.25) is 0 Å². The Bertz CT molecular complexity index is 895. The predicted molar refractivity (Wildman–Crippen MR) is 108 cm³/mol. The maximum absolute atomic E-state index is 5.20.